The third-order valence-corrected chi connectivity index (χ3v) is 5.15. The Bertz CT molecular complexity index is 1040. The molecule has 130 valence electrons. The summed E-state index contributed by atoms with van der Waals surface area (Å²) >= 11 is 0. The van der Waals surface area contributed by atoms with Crippen LogP contribution in [0.3, 0.4) is 0 Å². The van der Waals surface area contributed by atoms with Crippen molar-refractivity contribution in [1.82, 2.24) is 4.57 Å². The molecule has 2 heterocycles. The van der Waals surface area contributed by atoms with Gasteiger partial charge in [0.15, 0.2) is 0 Å². The molecule has 0 atom stereocenters. The minimum absolute atomic E-state index is 0.0352. The third-order valence-electron chi connectivity index (χ3n) is 5.15. The van der Waals surface area contributed by atoms with Crippen molar-refractivity contribution in [2.24, 2.45) is 0 Å². The van der Waals surface area contributed by atoms with Gasteiger partial charge in [-0.15, -0.1) is 0 Å². The Morgan fingerprint density at radius 2 is 1.77 bits per heavy atom. The van der Waals surface area contributed by atoms with Gasteiger partial charge in [0.2, 0.25) is 5.91 Å². The molecule has 0 unspecified atom stereocenters. The number of aromatic nitrogens is 1. The minimum Gasteiger partial charge on any atom is -0.284 e. The standard InChI is InChI=1S/C22H19FN2O/c23-18-13-15(11-12-16(18)14-24)22-17-7-5-6-8-19(17)25-20(22)9-3-1-2-4-10-21(25)26/h5-8,11-13H,1-4,9-10H2. The van der Waals surface area contributed by atoms with E-state index in [2.05, 4.69) is 0 Å². The van der Waals surface area contributed by atoms with Crippen LogP contribution in [0.15, 0.2) is 42.5 Å². The van der Waals surface area contributed by atoms with Crippen molar-refractivity contribution in [3.05, 3.63) is 59.5 Å². The van der Waals surface area contributed by atoms with Crippen molar-refractivity contribution in [3.63, 3.8) is 0 Å². The van der Waals surface area contributed by atoms with Crippen molar-refractivity contribution in [1.29, 1.82) is 5.26 Å². The molecule has 0 saturated heterocycles. The third kappa shape index (κ3) is 2.70. The molecule has 3 nitrogen and oxygen atoms in total. The van der Waals surface area contributed by atoms with Crippen LogP contribution >= 0.6 is 0 Å². The maximum atomic E-state index is 14.3. The van der Waals surface area contributed by atoms with E-state index in [1.165, 1.54) is 12.1 Å². The van der Waals surface area contributed by atoms with E-state index in [0.29, 0.717) is 6.42 Å². The summed E-state index contributed by atoms with van der Waals surface area (Å²) < 4.78 is 16.1. The van der Waals surface area contributed by atoms with Crippen LogP contribution in [0.25, 0.3) is 22.0 Å². The Kier molecular flexibility index (Phi) is 4.30. The average Bonchev–Trinajstić information content (AvgIpc) is 3.01. The number of carbonyl (C=O) groups is 1. The highest BCUT2D eigenvalue weighted by Gasteiger charge is 2.23. The second-order valence-corrected chi connectivity index (χ2v) is 6.79. The average molecular weight is 346 g/mol. The van der Waals surface area contributed by atoms with Crippen molar-refractivity contribution >= 4 is 16.8 Å². The van der Waals surface area contributed by atoms with E-state index < -0.39 is 5.82 Å². The number of para-hydroxylation sites is 1. The van der Waals surface area contributed by atoms with Crippen LogP contribution in [0.2, 0.25) is 0 Å². The molecule has 0 saturated carbocycles. The number of fused-ring (bicyclic) bond motifs is 3. The number of benzene rings is 2. The van der Waals surface area contributed by atoms with Gasteiger partial charge >= 0.3 is 0 Å². The van der Waals surface area contributed by atoms with Gasteiger partial charge in [0.05, 0.1) is 11.1 Å². The van der Waals surface area contributed by atoms with Gasteiger partial charge in [-0.2, -0.15) is 5.26 Å². The van der Waals surface area contributed by atoms with Crippen LogP contribution in [0.1, 0.15) is 48.2 Å². The zero-order chi connectivity index (χ0) is 18.1. The Morgan fingerprint density at radius 3 is 2.54 bits per heavy atom. The van der Waals surface area contributed by atoms with Crippen molar-refractivity contribution in [2.45, 2.75) is 38.5 Å². The summed E-state index contributed by atoms with van der Waals surface area (Å²) in [5.74, 6) is -0.415. The molecular formula is C22H19FN2O. The van der Waals surface area contributed by atoms with Crippen LogP contribution in [0.5, 0.6) is 0 Å². The zero-order valence-corrected chi connectivity index (χ0v) is 14.5. The molecule has 1 aliphatic heterocycles. The van der Waals surface area contributed by atoms with Gasteiger partial charge in [0.25, 0.3) is 0 Å². The molecule has 0 aliphatic carbocycles. The van der Waals surface area contributed by atoms with E-state index in [-0.39, 0.29) is 11.5 Å². The fourth-order valence-electron chi connectivity index (χ4n) is 3.93. The second-order valence-electron chi connectivity index (χ2n) is 6.79. The highest BCUT2D eigenvalue weighted by atomic mass is 19.1. The quantitative estimate of drug-likeness (QED) is 0.587. The fraction of sp³-hybridized carbons (Fsp3) is 0.273. The van der Waals surface area contributed by atoms with Gasteiger partial charge in [-0.05, 0) is 43.0 Å². The Hall–Kier alpha value is -2.93. The van der Waals surface area contributed by atoms with Crippen LogP contribution in [-0.4, -0.2) is 10.5 Å². The molecule has 4 heteroatoms. The number of hydrogen-bond donors (Lipinski definition) is 0. The summed E-state index contributed by atoms with van der Waals surface area (Å²) in [6.45, 7) is 0. The van der Waals surface area contributed by atoms with E-state index in [4.69, 9.17) is 5.26 Å². The lowest BCUT2D eigenvalue weighted by Crippen LogP contribution is -2.13. The van der Waals surface area contributed by atoms with Gasteiger partial charge < -0.3 is 0 Å². The molecule has 0 fully saturated rings. The predicted octanol–water partition coefficient (Wildman–Crippen LogP) is 5.47. The lowest BCUT2D eigenvalue weighted by atomic mass is 9.98. The van der Waals surface area contributed by atoms with E-state index >= 15 is 0 Å². The SMILES string of the molecule is N#Cc1ccc(-c2c3n(c4ccccc24)C(=O)CCCCCC3)cc1F. The molecule has 1 aliphatic rings. The Balaban J connectivity index is 2.01. The number of rotatable bonds is 1. The molecule has 3 aromatic rings. The number of hydrogen-bond acceptors (Lipinski definition) is 2. The smallest absolute Gasteiger partial charge is 0.231 e. The van der Waals surface area contributed by atoms with Crippen LogP contribution in [0, 0.1) is 17.1 Å². The number of halogens is 1. The van der Waals surface area contributed by atoms with Crippen molar-refractivity contribution in [2.75, 3.05) is 0 Å². The van der Waals surface area contributed by atoms with E-state index in [0.717, 1.165) is 59.8 Å². The minimum atomic E-state index is -0.525. The summed E-state index contributed by atoms with van der Waals surface area (Å²) in [6.07, 6.45) is 5.40. The molecule has 0 spiro atoms. The first-order chi connectivity index (χ1) is 12.7. The predicted molar refractivity (Wildman–Crippen MR) is 99.5 cm³/mol. The Labute approximate surface area is 151 Å². The normalized spacial score (nSPS) is 15.0. The summed E-state index contributed by atoms with van der Waals surface area (Å²) in [4.78, 5) is 12.9. The fourth-order valence-corrected chi connectivity index (χ4v) is 3.93. The first kappa shape index (κ1) is 16.5. The van der Waals surface area contributed by atoms with E-state index in [1.807, 2.05) is 34.9 Å². The molecule has 26 heavy (non-hydrogen) atoms. The highest BCUT2D eigenvalue weighted by Crippen LogP contribution is 2.37. The lowest BCUT2D eigenvalue weighted by Gasteiger charge is -2.10. The molecule has 4 rings (SSSR count). The molecular weight excluding hydrogens is 327 g/mol. The summed E-state index contributed by atoms with van der Waals surface area (Å²) in [6, 6.07) is 14.4. The summed E-state index contributed by atoms with van der Waals surface area (Å²) in [5.41, 5.74) is 3.52. The molecule has 0 radical (unpaired) electrons. The topological polar surface area (TPSA) is 45.8 Å². The van der Waals surface area contributed by atoms with Crippen LogP contribution in [-0.2, 0) is 6.42 Å². The molecule has 0 N–H and O–H groups in total. The van der Waals surface area contributed by atoms with Gasteiger partial charge in [-0.1, -0.05) is 37.1 Å². The maximum Gasteiger partial charge on any atom is 0.231 e. The van der Waals surface area contributed by atoms with E-state index in [9.17, 15) is 9.18 Å². The van der Waals surface area contributed by atoms with Gasteiger partial charge in [0.1, 0.15) is 11.9 Å². The number of carbonyl (C=O) groups excluding carboxylic acids is 1. The second kappa shape index (κ2) is 6.76. The molecule has 0 amide bonds. The highest BCUT2D eigenvalue weighted by molar-refractivity contribution is 6.04. The molecule has 2 aromatic carbocycles. The first-order valence-corrected chi connectivity index (χ1v) is 9.06. The maximum absolute atomic E-state index is 14.3. The van der Waals surface area contributed by atoms with Crippen molar-refractivity contribution in [3.8, 4) is 17.2 Å². The zero-order valence-electron chi connectivity index (χ0n) is 14.5. The summed E-state index contributed by atoms with van der Waals surface area (Å²) in [7, 11) is 0. The van der Waals surface area contributed by atoms with Crippen LogP contribution in [0.4, 0.5) is 4.39 Å². The number of nitrogens with zero attached hydrogens (tertiary/aromatic N) is 2. The van der Waals surface area contributed by atoms with Gasteiger partial charge in [-0.3, -0.25) is 9.36 Å². The largest absolute Gasteiger partial charge is 0.284 e. The molecule has 1 aromatic heterocycles. The van der Waals surface area contributed by atoms with Crippen LogP contribution < -0.4 is 0 Å². The van der Waals surface area contributed by atoms with Crippen molar-refractivity contribution < 1.29 is 9.18 Å². The lowest BCUT2D eigenvalue weighted by molar-refractivity contribution is 0.0903. The monoisotopic (exact) mass is 346 g/mol. The summed E-state index contributed by atoms with van der Waals surface area (Å²) in [5, 5.41) is 9.96. The van der Waals surface area contributed by atoms with Gasteiger partial charge in [-0.25, -0.2) is 4.39 Å². The first-order valence-electron chi connectivity index (χ1n) is 9.06. The Morgan fingerprint density at radius 1 is 1.00 bits per heavy atom. The number of nitriles is 1. The molecule has 0 bridgehead atoms. The van der Waals surface area contributed by atoms with Gasteiger partial charge in [0, 0.05) is 23.1 Å². The van der Waals surface area contributed by atoms with E-state index in [1.54, 1.807) is 6.07 Å².